The summed E-state index contributed by atoms with van der Waals surface area (Å²) >= 11 is 6.26. The zero-order chi connectivity index (χ0) is 49.0. The van der Waals surface area contributed by atoms with Gasteiger partial charge in [-0.1, -0.05) is 43.2 Å². The first-order valence-electron chi connectivity index (χ1n) is 23.7. The van der Waals surface area contributed by atoms with Gasteiger partial charge in [0.1, 0.15) is 29.3 Å². The van der Waals surface area contributed by atoms with Gasteiger partial charge in [-0.2, -0.15) is 5.10 Å². The van der Waals surface area contributed by atoms with E-state index in [9.17, 15) is 28.4 Å². The molecule has 3 saturated heterocycles. The number of sulfonamides is 1. The number of halogens is 2. The molecule has 17 nitrogen and oxygen atoms in total. The molecule has 20 heteroatoms. The number of likely N-dealkylation sites (tertiary alicyclic amines) is 1. The predicted octanol–water partition coefficient (Wildman–Crippen LogP) is 7.41. The van der Waals surface area contributed by atoms with Crippen LogP contribution in [0.5, 0.6) is 0 Å². The van der Waals surface area contributed by atoms with Crippen molar-refractivity contribution in [3.63, 3.8) is 0 Å². The molecule has 4 aliphatic rings. The first kappa shape index (κ1) is 47.7. The summed E-state index contributed by atoms with van der Waals surface area (Å²) in [7, 11) is -4.69. The lowest BCUT2D eigenvalue weighted by atomic mass is 9.72. The lowest BCUT2D eigenvalue weighted by molar-refractivity contribution is -0.384. The molecule has 0 bridgehead atoms. The van der Waals surface area contributed by atoms with Crippen LogP contribution in [0.25, 0.3) is 33.3 Å². The number of rotatable bonds is 14. The van der Waals surface area contributed by atoms with Crippen LogP contribution in [0.1, 0.15) is 61.9 Å². The molecule has 3 aliphatic heterocycles. The molecule has 10 rings (SSSR count). The Morgan fingerprint density at radius 3 is 2.44 bits per heavy atom. The number of piperazine rings is 1. The zero-order valence-electron chi connectivity index (χ0n) is 39.1. The number of pyridine rings is 1. The molecule has 6 aromatic rings. The minimum absolute atomic E-state index is 0.0252. The number of hydrogen-bond donors (Lipinski definition) is 3. The SMILES string of the molecule is CC1(C)CCC(CN2CCN(c3ccc(C(=O)NS(=O)(=O)c4ccc(NCC5(F)CCN(C6COC6)CC5)c([N+](=O)[O-])c4)c(-n4ncc5nc6c(ccn6CO)cc54)c3)CC2)=C(c2ccc(Cl)cc2)C1. The minimum Gasteiger partial charge on any atom is -0.378 e. The van der Waals surface area contributed by atoms with Gasteiger partial charge in [-0.15, -0.1) is 0 Å². The number of hydrogen-bond acceptors (Lipinski definition) is 13. The number of nitro groups is 1. The van der Waals surface area contributed by atoms with Crippen molar-refractivity contribution in [1.82, 2.24) is 33.9 Å². The van der Waals surface area contributed by atoms with Gasteiger partial charge in [-0.05, 0) is 103 Å². The zero-order valence-corrected chi connectivity index (χ0v) is 40.7. The number of allylic oxidation sites excluding steroid dienone is 1. The molecular weight excluding hydrogens is 939 g/mol. The second-order valence-electron chi connectivity index (χ2n) is 19.8. The highest BCUT2D eigenvalue weighted by molar-refractivity contribution is 7.90. The molecule has 0 saturated carbocycles. The number of nitrogens with one attached hydrogen (secondary N) is 2. The lowest BCUT2D eigenvalue weighted by Gasteiger charge is -2.43. The Morgan fingerprint density at radius 1 is 0.986 bits per heavy atom. The highest BCUT2D eigenvalue weighted by Gasteiger charge is 2.39. The van der Waals surface area contributed by atoms with Crippen LogP contribution < -0.4 is 14.9 Å². The van der Waals surface area contributed by atoms with Gasteiger partial charge in [0.2, 0.25) is 0 Å². The van der Waals surface area contributed by atoms with Crippen LogP contribution >= 0.6 is 11.6 Å². The fourth-order valence-electron chi connectivity index (χ4n) is 10.2. The molecule has 0 radical (unpaired) electrons. The third-order valence-corrected chi connectivity index (χ3v) is 16.1. The second-order valence-corrected chi connectivity index (χ2v) is 21.9. The summed E-state index contributed by atoms with van der Waals surface area (Å²) in [6, 6.07) is 20.5. The molecule has 0 atom stereocenters. The van der Waals surface area contributed by atoms with Crippen LogP contribution in [0.15, 0.2) is 95.7 Å². The Kier molecular flexibility index (Phi) is 12.9. The number of aliphatic hydroxyl groups is 1. The maximum Gasteiger partial charge on any atom is 0.293 e. The number of fused-ring (bicyclic) bond motifs is 2. The van der Waals surface area contributed by atoms with Crippen molar-refractivity contribution in [3.05, 3.63) is 117 Å². The van der Waals surface area contributed by atoms with Crippen LogP contribution in [-0.2, 0) is 21.5 Å². The Bertz CT molecular complexity index is 3120. The van der Waals surface area contributed by atoms with E-state index in [1.807, 2.05) is 24.3 Å². The molecule has 0 unspecified atom stereocenters. The van der Waals surface area contributed by atoms with Crippen LogP contribution in [0.4, 0.5) is 21.5 Å². The number of nitrogens with zero attached hydrogens (tertiary/aromatic N) is 8. The number of carbonyl (C=O) groups is 1. The van der Waals surface area contributed by atoms with Gasteiger partial charge in [-0.3, -0.25) is 24.7 Å². The molecule has 6 heterocycles. The van der Waals surface area contributed by atoms with Crippen LogP contribution in [-0.4, -0.2) is 131 Å². The van der Waals surface area contributed by atoms with Crippen LogP contribution in [0, 0.1) is 15.5 Å². The molecule has 3 N–H and O–H groups in total. The molecular formula is C50H56ClFN10O7S. The number of anilines is 2. The summed E-state index contributed by atoms with van der Waals surface area (Å²) in [5.74, 6) is -0.986. The van der Waals surface area contributed by atoms with E-state index >= 15 is 4.39 Å². The summed E-state index contributed by atoms with van der Waals surface area (Å²) in [5, 5.41) is 31.1. The third kappa shape index (κ3) is 9.74. The van der Waals surface area contributed by atoms with Gasteiger partial charge >= 0.3 is 0 Å². The lowest BCUT2D eigenvalue weighted by Crippen LogP contribution is -2.55. The van der Waals surface area contributed by atoms with Crippen molar-refractivity contribution >= 4 is 72.2 Å². The second kappa shape index (κ2) is 19.0. The van der Waals surface area contributed by atoms with E-state index in [1.165, 1.54) is 22.8 Å². The number of aliphatic hydroxyl groups excluding tert-OH is 1. The average Bonchev–Trinajstić information content (AvgIpc) is 3.94. The summed E-state index contributed by atoms with van der Waals surface area (Å²) in [6.07, 6.45) is 6.85. The minimum atomic E-state index is -4.69. The van der Waals surface area contributed by atoms with Crippen molar-refractivity contribution in [2.75, 3.05) is 75.8 Å². The summed E-state index contributed by atoms with van der Waals surface area (Å²) < 4.78 is 54.4. The molecule has 1 aliphatic carbocycles. The molecule has 70 heavy (non-hydrogen) atoms. The Balaban J connectivity index is 0.898. The average molecular weight is 996 g/mol. The number of aromatic nitrogens is 4. The molecule has 0 spiro atoms. The van der Waals surface area contributed by atoms with E-state index in [0.717, 1.165) is 56.7 Å². The smallest absolute Gasteiger partial charge is 0.293 e. The number of ether oxygens (including phenoxy) is 1. The van der Waals surface area contributed by atoms with Gasteiger partial charge < -0.3 is 24.6 Å². The number of alkyl halides is 1. The van der Waals surface area contributed by atoms with Crippen molar-refractivity contribution < 1.29 is 32.4 Å². The Labute approximate surface area is 410 Å². The largest absolute Gasteiger partial charge is 0.378 e. The van der Waals surface area contributed by atoms with Gasteiger partial charge in [0.25, 0.3) is 21.6 Å². The van der Waals surface area contributed by atoms with Crippen molar-refractivity contribution in [2.45, 2.75) is 69.3 Å². The standard InChI is InChI=1S/C50H56ClFN10O7S/c1-49(2)13-11-35(41(26-49)33-3-5-36(51)6-4-33)28-57-19-21-59(22-20-57)37-7-9-40(44(24-37)61-45-23-34-12-16-60(32-63)47(34)55-43(45)27-54-61)48(64)56-70(67,68)39-8-10-42(46(25-39)62(65)66)53-31-50(52)14-17-58(18-15-50)38-29-69-30-38/h3-10,12,16,23-25,27,38,53,63H,11,13-15,17-22,26,28-32H2,1-2H3,(H,56,64). The maximum atomic E-state index is 15.9. The summed E-state index contributed by atoms with van der Waals surface area (Å²) in [6.45, 7) is 10.3. The number of carbonyl (C=O) groups excluding carboxylic acids is 1. The van der Waals surface area contributed by atoms with Gasteiger partial charge in [-0.25, -0.2) is 27.2 Å². The monoisotopic (exact) mass is 994 g/mol. The molecule has 3 aromatic heterocycles. The number of piperidine rings is 1. The van der Waals surface area contributed by atoms with E-state index in [4.69, 9.17) is 21.3 Å². The van der Waals surface area contributed by atoms with E-state index in [1.54, 1.807) is 39.8 Å². The Hall–Kier alpha value is -5.96. The molecule has 1 amide bonds. The Morgan fingerprint density at radius 2 is 1.74 bits per heavy atom. The number of benzene rings is 3. The van der Waals surface area contributed by atoms with E-state index in [0.29, 0.717) is 66.5 Å². The molecule has 3 fully saturated rings. The first-order valence-corrected chi connectivity index (χ1v) is 25.5. The predicted molar refractivity (Wildman–Crippen MR) is 267 cm³/mol. The van der Waals surface area contributed by atoms with Crippen molar-refractivity contribution in [3.8, 4) is 5.69 Å². The van der Waals surface area contributed by atoms with Crippen LogP contribution in [0.3, 0.4) is 0 Å². The fraction of sp³-hybridized carbons (Fsp3) is 0.420. The summed E-state index contributed by atoms with van der Waals surface area (Å²) in [4.78, 5) is 37.0. The third-order valence-electron chi connectivity index (χ3n) is 14.5. The topological polar surface area (TPSA) is 193 Å². The quantitative estimate of drug-likeness (QED) is 0.0723. The first-order chi connectivity index (χ1) is 33.5. The maximum absolute atomic E-state index is 15.9. The van der Waals surface area contributed by atoms with Gasteiger partial charge in [0, 0.05) is 80.7 Å². The highest BCUT2D eigenvalue weighted by Crippen LogP contribution is 2.44. The summed E-state index contributed by atoms with van der Waals surface area (Å²) in [5.41, 5.74) is 4.63. The number of amides is 1. The van der Waals surface area contributed by atoms with E-state index in [-0.39, 0.29) is 54.5 Å². The van der Waals surface area contributed by atoms with Gasteiger partial charge in [0.05, 0.1) is 52.0 Å². The highest BCUT2D eigenvalue weighted by atomic mass is 35.5. The van der Waals surface area contributed by atoms with E-state index < -0.39 is 37.1 Å². The molecule has 368 valence electrons. The fourth-order valence-corrected chi connectivity index (χ4v) is 11.3. The number of nitro benzene ring substituents is 1. The normalized spacial score (nSPS) is 19.1. The van der Waals surface area contributed by atoms with Crippen LogP contribution in [0.2, 0.25) is 5.02 Å². The van der Waals surface area contributed by atoms with E-state index in [2.05, 4.69) is 55.8 Å². The molecule has 3 aromatic carbocycles. The van der Waals surface area contributed by atoms with Gasteiger partial charge in [0.15, 0.2) is 0 Å². The van der Waals surface area contributed by atoms with Crippen molar-refractivity contribution in [2.24, 2.45) is 5.41 Å². The van der Waals surface area contributed by atoms with Crippen molar-refractivity contribution in [1.29, 1.82) is 0 Å².